The second-order valence-corrected chi connectivity index (χ2v) is 5.77. The van der Waals surface area contributed by atoms with E-state index in [4.69, 9.17) is 9.47 Å². The minimum absolute atomic E-state index is 0.171. The van der Waals surface area contributed by atoms with Gasteiger partial charge in [0.15, 0.2) is 0 Å². The van der Waals surface area contributed by atoms with Crippen LogP contribution in [0.1, 0.15) is 43.2 Å². The highest BCUT2D eigenvalue weighted by atomic mass is 16.5. The zero-order chi connectivity index (χ0) is 13.8. The predicted molar refractivity (Wildman–Crippen MR) is 77.2 cm³/mol. The van der Waals surface area contributed by atoms with Crippen molar-refractivity contribution >= 4 is 5.78 Å². The third kappa shape index (κ3) is 3.40. The molecule has 1 saturated heterocycles. The number of carbonyl (C=O) groups excluding carboxylic acids is 1. The summed E-state index contributed by atoms with van der Waals surface area (Å²) in [4.78, 5) is 12.0. The van der Waals surface area contributed by atoms with Gasteiger partial charge in [0.2, 0.25) is 0 Å². The molecule has 0 bridgehead atoms. The first-order valence-corrected chi connectivity index (χ1v) is 7.69. The third-order valence-electron chi connectivity index (χ3n) is 4.18. The molecule has 2 heterocycles. The van der Waals surface area contributed by atoms with Crippen molar-refractivity contribution in [3.8, 4) is 5.75 Å². The van der Waals surface area contributed by atoms with Gasteiger partial charge in [0.05, 0.1) is 12.7 Å². The Morgan fingerprint density at radius 2 is 2.20 bits per heavy atom. The van der Waals surface area contributed by atoms with Crippen molar-refractivity contribution in [2.45, 2.75) is 51.0 Å². The highest BCUT2D eigenvalue weighted by Crippen LogP contribution is 2.26. The SMILES string of the molecule is O=C(CCc1ccc2c(c1)CCO2)CC1CCCCO1. The van der Waals surface area contributed by atoms with Crippen LogP contribution in [0, 0.1) is 0 Å². The summed E-state index contributed by atoms with van der Waals surface area (Å²) in [6.45, 7) is 1.61. The summed E-state index contributed by atoms with van der Waals surface area (Å²) in [5.74, 6) is 1.34. The van der Waals surface area contributed by atoms with E-state index in [1.54, 1.807) is 0 Å². The van der Waals surface area contributed by atoms with Crippen LogP contribution in [0.15, 0.2) is 18.2 Å². The minimum atomic E-state index is 0.171. The number of rotatable bonds is 5. The fraction of sp³-hybridized carbons (Fsp3) is 0.588. The molecule has 3 nitrogen and oxygen atoms in total. The van der Waals surface area contributed by atoms with E-state index in [2.05, 4.69) is 12.1 Å². The summed E-state index contributed by atoms with van der Waals surface area (Å²) in [5, 5.41) is 0. The van der Waals surface area contributed by atoms with Crippen LogP contribution in [-0.2, 0) is 22.4 Å². The van der Waals surface area contributed by atoms with E-state index in [0.717, 1.165) is 44.6 Å². The van der Waals surface area contributed by atoms with Crippen LogP contribution in [0.5, 0.6) is 5.75 Å². The van der Waals surface area contributed by atoms with Crippen molar-refractivity contribution in [2.75, 3.05) is 13.2 Å². The first-order chi connectivity index (χ1) is 9.81. The van der Waals surface area contributed by atoms with Gasteiger partial charge in [-0.05, 0) is 42.9 Å². The Labute approximate surface area is 120 Å². The number of aryl methyl sites for hydroxylation is 1. The Balaban J connectivity index is 1.47. The lowest BCUT2D eigenvalue weighted by Crippen LogP contribution is -2.22. The van der Waals surface area contributed by atoms with Gasteiger partial charge < -0.3 is 9.47 Å². The molecule has 2 aliphatic heterocycles. The fourth-order valence-electron chi connectivity index (χ4n) is 3.00. The predicted octanol–water partition coefficient (Wildman–Crippen LogP) is 3.08. The van der Waals surface area contributed by atoms with Crippen LogP contribution in [0.2, 0.25) is 0 Å². The first kappa shape index (κ1) is 13.6. The average molecular weight is 274 g/mol. The number of fused-ring (bicyclic) bond motifs is 1. The van der Waals surface area contributed by atoms with E-state index >= 15 is 0 Å². The van der Waals surface area contributed by atoms with E-state index < -0.39 is 0 Å². The number of ketones is 1. The summed E-state index contributed by atoms with van der Waals surface area (Å²) in [5.41, 5.74) is 2.53. The van der Waals surface area contributed by atoms with E-state index in [-0.39, 0.29) is 6.10 Å². The number of hydrogen-bond donors (Lipinski definition) is 0. The van der Waals surface area contributed by atoms with Gasteiger partial charge in [-0.2, -0.15) is 0 Å². The quantitative estimate of drug-likeness (QED) is 0.827. The number of ether oxygens (including phenoxy) is 2. The van der Waals surface area contributed by atoms with Crippen molar-refractivity contribution in [1.82, 2.24) is 0 Å². The summed E-state index contributed by atoms with van der Waals surface area (Å²) < 4.78 is 11.1. The smallest absolute Gasteiger partial charge is 0.135 e. The molecular formula is C17H22O3. The normalized spacial score (nSPS) is 21.3. The van der Waals surface area contributed by atoms with Crippen LogP contribution in [0.4, 0.5) is 0 Å². The van der Waals surface area contributed by atoms with E-state index in [1.807, 2.05) is 6.07 Å². The summed E-state index contributed by atoms with van der Waals surface area (Å²) in [7, 11) is 0. The molecule has 108 valence electrons. The highest BCUT2D eigenvalue weighted by molar-refractivity contribution is 5.79. The number of benzene rings is 1. The van der Waals surface area contributed by atoms with E-state index in [9.17, 15) is 4.79 Å². The topological polar surface area (TPSA) is 35.5 Å². The maximum atomic E-state index is 12.0. The Kier molecular flexibility index (Phi) is 4.36. The third-order valence-corrected chi connectivity index (χ3v) is 4.18. The Bertz CT molecular complexity index is 475. The molecule has 1 fully saturated rings. The number of Topliss-reactive ketones (excluding diaryl/α,β-unsaturated/α-hetero) is 1. The van der Waals surface area contributed by atoms with Gasteiger partial charge in [-0.3, -0.25) is 4.79 Å². The molecule has 0 amide bonds. The van der Waals surface area contributed by atoms with Crippen molar-refractivity contribution in [3.63, 3.8) is 0 Å². The molecule has 0 aromatic heterocycles. The molecule has 1 unspecified atom stereocenters. The van der Waals surface area contributed by atoms with Gasteiger partial charge in [-0.25, -0.2) is 0 Å². The minimum Gasteiger partial charge on any atom is -0.493 e. The lowest BCUT2D eigenvalue weighted by Gasteiger charge is -2.21. The standard InChI is InChI=1S/C17H22O3/c18-15(12-16-3-1-2-9-19-16)6-4-13-5-7-17-14(11-13)8-10-20-17/h5,7,11,16H,1-4,6,8-10,12H2. The molecule has 2 aliphatic rings. The molecule has 0 spiro atoms. The van der Waals surface area contributed by atoms with Crippen LogP contribution in [0.3, 0.4) is 0 Å². The monoisotopic (exact) mass is 274 g/mol. The van der Waals surface area contributed by atoms with Gasteiger partial charge in [0.25, 0.3) is 0 Å². The van der Waals surface area contributed by atoms with Crippen molar-refractivity contribution in [3.05, 3.63) is 29.3 Å². The van der Waals surface area contributed by atoms with Gasteiger partial charge in [-0.15, -0.1) is 0 Å². The fourth-order valence-corrected chi connectivity index (χ4v) is 3.00. The molecule has 1 aromatic rings. The Morgan fingerprint density at radius 1 is 1.25 bits per heavy atom. The summed E-state index contributed by atoms with van der Waals surface area (Å²) >= 11 is 0. The maximum Gasteiger partial charge on any atom is 0.135 e. The number of carbonyl (C=O) groups is 1. The number of hydrogen-bond acceptors (Lipinski definition) is 3. The molecule has 1 aromatic carbocycles. The van der Waals surface area contributed by atoms with Gasteiger partial charge in [-0.1, -0.05) is 12.1 Å². The average Bonchev–Trinajstić information content (AvgIpc) is 2.93. The molecule has 1 atom stereocenters. The molecule has 0 aliphatic carbocycles. The van der Waals surface area contributed by atoms with Crippen LogP contribution < -0.4 is 4.74 Å². The lowest BCUT2D eigenvalue weighted by atomic mass is 9.99. The van der Waals surface area contributed by atoms with E-state index in [0.29, 0.717) is 18.6 Å². The maximum absolute atomic E-state index is 12.0. The molecule has 0 radical (unpaired) electrons. The second-order valence-electron chi connectivity index (χ2n) is 5.77. The summed E-state index contributed by atoms with van der Waals surface area (Å²) in [6.07, 6.45) is 6.59. The molecule has 3 rings (SSSR count). The lowest BCUT2D eigenvalue weighted by molar-refractivity contribution is -0.122. The highest BCUT2D eigenvalue weighted by Gasteiger charge is 2.18. The first-order valence-electron chi connectivity index (χ1n) is 7.69. The Morgan fingerprint density at radius 3 is 3.05 bits per heavy atom. The Hall–Kier alpha value is -1.35. The molecule has 3 heteroatoms. The zero-order valence-corrected chi connectivity index (χ0v) is 11.9. The molecular weight excluding hydrogens is 252 g/mol. The van der Waals surface area contributed by atoms with Crippen LogP contribution in [-0.4, -0.2) is 25.1 Å². The van der Waals surface area contributed by atoms with Gasteiger partial charge >= 0.3 is 0 Å². The molecule has 0 N–H and O–H groups in total. The van der Waals surface area contributed by atoms with Crippen molar-refractivity contribution in [2.24, 2.45) is 0 Å². The largest absolute Gasteiger partial charge is 0.493 e. The molecule has 0 saturated carbocycles. The zero-order valence-electron chi connectivity index (χ0n) is 11.9. The van der Waals surface area contributed by atoms with Crippen molar-refractivity contribution in [1.29, 1.82) is 0 Å². The van der Waals surface area contributed by atoms with Crippen molar-refractivity contribution < 1.29 is 14.3 Å². The van der Waals surface area contributed by atoms with Gasteiger partial charge in [0, 0.05) is 25.9 Å². The second kappa shape index (κ2) is 6.40. The van der Waals surface area contributed by atoms with Crippen LogP contribution >= 0.6 is 0 Å². The van der Waals surface area contributed by atoms with E-state index in [1.165, 1.54) is 17.5 Å². The van der Waals surface area contributed by atoms with Gasteiger partial charge in [0.1, 0.15) is 11.5 Å². The van der Waals surface area contributed by atoms with Crippen LogP contribution in [0.25, 0.3) is 0 Å². The summed E-state index contributed by atoms with van der Waals surface area (Å²) in [6, 6.07) is 6.30. The molecule has 20 heavy (non-hydrogen) atoms.